The van der Waals surface area contributed by atoms with Crippen molar-refractivity contribution in [2.24, 2.45) is 0 Å². The number of carbonyl (C=O) groups excluding carboxylic acids is 1. The molecule has 0 spiro atoms. The largest absolute Gasteiger partial charge is 0.462 e. The molecular weight excluding hydrogens is 295 g/mol. The van der Waals surface area contributed by atoms with Gasteiger partial charge < -0.3 is 9.84 Å². The van der Waals surface area contributed by atoms with Crippen LogP contribution < -0.4 is 0 Å². The minimum atomic E-state index is -4.67. The highest BCUT2D eigenvalue weighted by atomic mass is 32.2. The van der Waals surface area contributed by atoms with Gasteiger partial charge in [-0.05, 0) is 30.3 Å². The number of hydrogen-bond acceptors (Lipinski definition) is 5. The van der Waals surface area contributed by atoms with E-state index in [1.807, 2.05) is 0 Å². The number of ether oxygens (including phenoxy) is 1. The van der Waals surface area contributed by atoms with E-state index in [9.17, 15) is 18.0 Å². The molecule has 0 fully saturated rings. The summed E-state index contributed by atoms with van der Waals surface area (Å²) in [6.45, 7) is 0.836. The van der Waals surface area contributed by atoms with Gasteiger partial charge in [0.25, 0.3) is 0 Å². The maximum Gasteiger partial charge on any atom is 0.446 e. The molecule has 0 unspecified atom stereocenters. The summed E-state index contributed by atoms with van der Waals surface area (Å²) in [5.74, 6) is -1.000. The molecule has 1 N–H and O–H groups in total. The first-order valence-corrected chi connectivity index (χ1v) is 6.25. The third-order valence-corrected chi connectivity index (χ3v) is 3.09. The predicted octanol–water partition coefficient (Wildman–Crippen LogP) is 2.84. The SMILES string of the molecule is CCOC(=O)c1c(CO)ccc(C#N)c1SC(F)(F)F. The first kappa shape index (κ1) is 16.3. The zero-order valence-electron chi connectivity index (χ0n) is 10.3. The number of thioether (sulfide) groups is 1. The van der Waals surface area contributed by atoms with Crippen LogP contribution in [0.4, 0.5) is 13.2 Å². The minimum Gasteiger partial charge on any atom is -0.462 e. The van der Waals surface area contributed by atoms with Crippen molar-refractivity contribution in [2.45, 2.75) is 23.9 Å². The van der Waals surface area contributed by atoms with Gasteiger partial charge >= 0.3 is 11.5 Å². The normalized spacial score (nSPS) is 11.0. The van der Waals surface area contributed by atoms with Crippen LogP contribution in [0.2, 0.25) is 0 Å². The molecule has 1 aromatic rings. The highest BCUT2D eigenvalue weighted by Gasteiger charge is 2.34. The first-order valence-electron chi connectivity index (χ1n) is 5.43. The Hall–Kier alpha value is -1.72. The zero-order chi connectivity index (χ0) is 15.3. The van der Waals surface area contributed by atoms with E-state index in [2.05, 4.69) is 4.74 Å². The second-order valence-corrected chi connectivity index (χ2v) is 4.59. The lowest BCUT2D eigenvalue weighted by Crippen LogP contribution is -2.13. The number of carbonyl (C=O) groups is 1. The van der Waals surface area contributed by atoms with Crippen molar-refractivity contribution in [3.8, 4) is 6.07 Å². The van der Waals surface area contributed by atoms with Crippen molar-refractivity contribution < 1.29 is 27.8 Å². The van der Waals surface area contributed by atoms with Crippen LogP contribution in [0.25, 0.3) is 0 Å². The van der Waals surface area contributed by atoms with Crippen LogP contribution in [-0.4, -0.2) is 23.2 Å². The summed E-state index contributed by atoms with van der Waals surface area (Å²) >= 11 is -0.572. The Bertz CT molecular complexity index is 552. The van der Waals surface area contributed by atoms with E-state index >= 15 is 0 Å². The van der Waals surface area contributed by atoms with Gasteiger partial charge in [-0.2, -0.15) is 18.4 Å². The number of aliphatic hydroxyl groups is 1. The summed E-state index contributed by atoms with van der Waals surface area (Å²) in [4.78, 5) is 11.2. The molecule has 1 aromatic carbocycles. The first-order chi connectivity index (χ1) is 9.34. The third-order valence-electron chi connectivity index (χ3n) is 2.23. The highest BCUT2D eigenvalue weighted by Crippen LogP contribution is 2.41. The van der Waals surface area contributed by atoms with E-state index in [0.29, 0.717) is 0 Å². The molecule has 0 aliphatic carbocycles. The zero-order valence-corrected chi connectivity index (χ0v) is 11.1. The highest BCUT2D eigenvalue weighted by molar-refractivity contribution is 8.00. The Kier molecular flexibility index (Phi) is 5.42. The Morgan fingerprint density at radius 3 is 2.60 bits per heavy atom. The van der Waals surface area contributed by atoms with Crippen LogP contribution in [-0.2, 0) is 11.3 Å². The van der Waals surface area contributed by atoms with Crippen molar-refractivity contribution in [2.75, 3.05) is 6.61 Å². The Morgan fingerprint density at radius 2 is 2.15 bits per heavy atom. The van der Waals surface area contributed by atoms with E-state index in [1.54, 1.807) is 6.07 Å². The molecule has 0 saturated carbocycles. The Labute approximate surface area is 117 Å². The maximum atomic E-state index is 12.6. The number of hydrogen-bond donors (Lipinski definition) is 1. The van der Waals surface area contributed by atoms with E-state index < -0.39 is 40.3 Å². The van der Waals surface area contributed by atoms with Gasteiger partial charge in [0.15, 0.2) is 0 Å². The molecule has 4 nitrogen and oxygen atoms in total. The summed E-state index contributed by atoms with van der Waals surface area (Å²) in [5.41, 5.74) is -5.40. The number of aliphatic hydroxyl groups excluding tert-OH is 1. The number of alkyl halides is 3. The summed E-state index contributed by atoms with van der Waals surface area (Å²) in [6.07, 6.45) is 0. The van der Waals surface area contributed by atoms with Crippen LogP contribution in [0.1, 0.15) is 28.4 Å². The van der Waals surface area contributed by atoms with Gasteiger partial charge in [-0.3, -0.25) is 0 Å². The molecule has 0 bridgehead atoms. The number of nitriles is 1. The van der Waals surface area contributed by atoms with Gasteiger partial charge in [0.1, 0.15) is 6.07 Å². The molecule has 20 heavy (non-hydrogen) atoms. The summed E-state index contributed by atoms with van der Waals surface area (Å²) in [7, 11) is 0. The van der Waals surface area contributed by atoms with Crippen molar-refractivity contribution in [1.29, 1.82) is 5.26 Å². The van der Waals surface area contributed by atoms with Crippen LogP contribution in [0, 0.1) is 11.3 Å². The topological polar surface area (TPSA) is 70.3 Å². The summed E-state index contributed by atoms with van der Waals surface area (Å²) in [6, 6.07) is 3.95. The van der Waals surface area contributed by atoms with E-state index in [1.165, 1.54) is 13.0 Å². The number of rotatable bonds is 4. The molecular formula is C12H10F3NO3S. The van der Waals surface area contributed by atoms with Crippen LogP contribution in [0.5, 0.6) is 0 Å². The van der Waals surface area contributed by atoms with Gasteiger partial charge in [-0.1, -0.05) is 6.07 Å². The third kappa shape index (κ3) is 3.88. The Morgan fingerprint density at radius 1 is 1.50 bits per heavy atom. The Balaban J connectivity index is 3.49. The smallest absolute Gasteiger partial charge is 0.446 e. The van der Waals surface area contributed by atoms with Crippen molar-refractivity contribution in [3.05, 3.63) is 28.8 Å². The average molecular weight is 305 g/mol. The average Bonchev–Trinajstić information content (AvgIpc) is 2.36. The van der Waals surface area contributed by atoms with E-state index in [4.69, 9.17) is 10.4 Å². The van der Waals surface area contributed by atoms with Gasteiger partial charge in [-0.15, -0.1) is 0 Å². The molecule has 1 rings (SSSR count). The molecule has 0 aliphatic rings. The van der Waals surface area contributed by atoms with Gasteiger partial charge in [0, 0.05) is 4.90 Å². The second kappa shape index (κ2) is 6.63. The summed E-state index contributed by atoms with van der Waals surface area (Å²) < 4.78 is 42.4. The lowest BCUT2D eigenvalue weighted by molar-refractivity contribution is -0.0328. The second-order valence-electron chi connectivity index (χ2n) is 3.51. The predicted molar refractivity (Wildman–Crippen MR) is 64.9 cm³/mol. The minimum absolute atomic E-state index is 0.0193. The van der Waals surface area contributed by atoms with Crippen LogP contribution >= 0.6 is 11.8 Å². The summed E-state index contributed by atoms with van der Waals surface area (Å²) in [5, 5.41) is 18.0. The number of benzene rings is 1. The molecule has 0 aliphatic heterocycles. The van der Waals surface area contributed by atoms with Gasteiger partial charge in [0.2, 0.25) is 0 Å². The van der Waals surface area contributed by atoms with Gasteiger partial charge in [0.05, 0.1) is 24.3 Å². The number of halogens is 3. The molecule has 0 aromatic heterocycles. The van der Waals surface area contributed by atoms with Crippen molar-refractivity contribution in [1.82, 2.24) is 0 Å². The lowest BCUT2D eigenvalue weighted by Gasteiger charge is -2.14. The van der Waals surface area contributed by atoms with Crippen LogP contribution in [0.3, 0.4) is 0 Å². The molecule has 108 valence electrons. The fraction of sp³-hybridized carbons (Fsp3) is 0.333. The van der Waals surface area contributed by atoms with Crippen molar-refractivity contribution >= 4 is 17.7 Å². The van der Waals surface area contributed by atoms with Crippen LogP contribution in [0.15, 0.2) is 17.0 Å². The molecule has 0 saturated heterocycles. The van der Waals surface area contributed by atoms with Gasteiger partial charge in [-0.25, -0.2) is 4.79 Å². The van der Waals surface area contributed by atoms with Crippen molar-refractivity contribution in [3.63, 3.8) is 0 Å². The lowest BCUT2D eigenvalue weighted by atomic mass is 10.0. The monoisotopic (exact) mass is 305 g/mol. The maximum absolute atomic E-state index is 12.6. The molecule has 0 atom stereocenters. The fourth-order valence-corrected chi connectivity index (χ4v) is 2.26. The molecule has 0 radical (unpaired) electrons. The number of esters is 1. The van der Waals surface area contributed by atoms with E-state index in [-0.39, 0.29) is 17.7 Å². The standard InChI is InChI=1S/C12H10F3NO3S/c1-2-19-11(18)9-8(6-17)4-3-7(5-16)10(9)20-12(13,14)15/h3-4,17H,2,6H2,1H3. The van der Waals surface area contributed by atoms with E-state index in [0.717, 1.165) is 6.07 Å². The number of nitrogens with zero attached hydrogens (tertiary/aromatic N) is 1. The fourth-order valence-electron chi connectivity index (χ4n) is 1.49. The molecule has 0 amide bonds. The quantitative estimate of drug-likeness (QED) is 0.684. The molecule has 8 heteroatoms. The molecule has 0 heterocycles.